The van der Waals surface area contributed by atoms with Crippen LogP contribution in [-0.4, -0.2) is 32.7 Å². The van der Waals surface area contributed by atoms with Crippen LogP contribution in [0.5, 0.6) is 11.5 Å². The molecule has 0 aliphatic carbocycles. The molecule has 2 aromatic rings. The maximum absolute atomic E-state index is 12.4. The molecule has 1 amide bonds. The lowest BCUT2D eigenvalue weighted by Crippen LogP contribution is -2.13. The smallest absolute Gasteiger partial charge is 0.268 e. The van der Waals surface area contributed by atoms with Crippen LogP contribution in [0.15, 0.2) is 28.9 Å². The summed E-state index contributed by atoms with van der Waals surface area (Å²) in [5, 5.41) is 22.6. The molecule has 9 heteroatoms. The van der Waals surface area contributed by atoms with Gasteiger partial charge >= 0.3 is 0 Å². The van der Waals surface area contributed by atoms with Gasteiger partial charge in [-0.2, -0.15) is 14.6 Å². The summed E-state index contributed by atoms with van der Waals surface area (Å²) in [5.74, 6) is 1.12. The molecular weight excluding hydrogens is 384 g/mol. The van der Waals surface area contributed by atoms with Crippen LogP contribution in [0.1, 0.15) is 26.3 Å². The quantitative estimate of drug-likeness (QED) is 0.390. The predicted molar refractivity (Wildman–Crippen MR) is 107 cm³/mol. The molecule has 0 saturated carbocycles. The van der Waals surface area contributed by atoms with E-state index in [1.165, 1.54) is 23.9 Å². The summed E-state index contributed by atoms with van der Waals surface area (Å²) in [6.07, 6.45) is 1.42. The maximum atomic E-state index is 12.4. The normalized spacial score (nSPS) is 11.3. The first-order valence-corrected chi connectivity index (χ1v) is 10.0. The molecule has 1 heterocycles. The highest BCUT2D eigenvalue weighted by atomic mass is 32.2. The molecule has 1 aromatic heterocycles. The zero-order valence-corrected chi connectivity index (χ0v) is 16.9. The Labute approximate surface area is 166 Å². The fourth-order valence-electron chi connectivity index (χ4n) is 1.93. The van der Waals surface area contributed by atoms with Crippen LogP contribution in [0.3, 0.4) is 0 Å². The van der Waals surface area contributed by atoms with Crippen LogP contribution < -0.4 is 10.1 Å². The number of rotatable bonds is 8. The lowest BCUT2D eigenvalue weighted by atomic mass is 10.1. The Morgan fingerprint density at radius 1 is 1.52 bits per heavy atom. The first kappa shape index (κ1) is 20.7. The third kappa shape index (κ3) is 6.27. The second-order valence-electron chi connectivity index (χ2n) is 5.87. The molecule has 0 aliphatic rings. The van der Waals surface area contributed by atoms with Crippen LogP contribution in [0.2, 0.25) is 0 Å². The van der Waals surface area contributed by atoms with Gasteiger partial charge in [-0.25, -0.2) is 0 Å². The van der Waals surface area contributed by atoms with E-state index < -0.39 is 5.91 Å². The van der Waals surface area contributed by atoms with Gasteiger partial charge < -0.3 is 9.84 Å². The van der Waals surface area contributed by atoms with Crippen LogP contribution >= 0.6 is 23.3 Å². The van der Waals surface area contributed by atoms with Gasteiger partial charge in [0.05, 0.1) is 6.61 Å². The van der Waals surface area contributed by atoms with Crippen LogP contribution in [0.4, 0.5) is 5.13 Å². The Kier molecular flexibility index (Phi) is 7.64. The van der Waals surface area contributed by atoms with Gasteiger partial charge in [-0.1, -0.05) is 31.7 Å². The third-order valence-electron chi connectivity index (χ3n) is 3.13. The fourth-order valence-corrected chi connectivity index (χ4v) is 3.42. The molecule has 0 atom stereocenters. The van der Waals surface area contributed by atoms with Gasteiger partial charge in [0.15, 0.2) is 11.5 Å². The molecule has 27 heavy (non-hydrogen) atoms. The molecule has 0 aliphatic heterocycles. The van der Waals surface area contributed by atoms with E-state index in [-0.39, 0.29) is 11.3 Å². The van der Waals surface area contributed by atoms with Crippen molar-refractivity contribution in [1.29, 1.82) is 5.26 Å². The summed E-state index contributed by atoms with van der Waals surface area (Å²) in [7, 11) is 0. The van der Waals surface area contributed by atoms with Crippen molar-refractivity contribution in [2.75, 3.05) is 17.7 Å². The number of anilines is 1. The van der Waals surface area contributed by atoms with Gasteiger partial charge in [-0.3, -0.25) is 10.1 Å². The van der Waals surface area contributed by atoms with E-state index in [1.807, 2.05) is 6.07 Å². The van der Waals surface area contributed by atoms with Crippen molar-refractivity contribution in [3.63, 3.8) is 0 Å². The topological polar surface area (TPSA) is 108 Å². The van der Waals surface area contributed by atoms with Crippen LogP contribution in [0, 0.1) is 17.2 Å². The number of thioether (sulfide) groups is 1. The van der Waals surface area contributed by atoms with Gasteiger partial charge in [0.2, 0.25) is 10.3 Å². The number of phenols is 1. The van der Waals surface area contributed by atoms with Crippen molar-refractivity contribution in [2.45, 2.75) is 25.9 Å². The zero-order chi connectivity index (χ0) is 19.8. The van der Waals surface area contributed by atoms with Crippen molar-refractivity contribution in [2.24, 2.45) is 5.92 Å². The highest BCUT2D eigenvalue weighted by Gasteiger charge is 2.14. The Morgan fingerprint density at radius 3 is 2.96 bits per heavy atom. The minimum Gasteiger partial charge on any atom is -0.504 e. The second-order valence-corrected chi connectivity index (χ2v) is 7.61. The summed E-state index contributed by atoms with van der Waals surface area (Å²) in [6.45, 7) is 6.39. The number of aromatic nitrogens is 2. The molecular formula is C18H20N4O3S2. The first-order chi connectivity index (χ1) is 12.9. The molecule has 0 fully saturated rings. The SMILES string of the molecule is CCOc1cc(C=C(C#N)C(=O)Nc2nc(SCC(C)C)ns2)ccc1O. The molecule has 0 spiro atoms. The Bertz CT molecular complexity index is 872. The molecule has 7 nitrogen and oxygen atoms in total. The van der Waals surface area contributed by atoms with Gasteiger partial charge in [-0.15, -0.1) is 0 Å². The molecule has 2 rings (SSSR count). The number of aromatic hydroxyl groups is 1. The number of ether oxygens (including phenoxy) is 1. The molecule has 1 aromatic carbocycles. The number of benzene rings is 1. The number of hydrogen-bond donors (Lipinski definition) is 2. The Balaban J connectivity index is 2.11. The Morgan fingerprint density at radius 2 is 2.30 bits per heavy atom. The van der Waals surface area contributed by atoms with Crippen molar-refractivity contribution in [3.8, 4) is 17.6 Å². The molecule has 0 saturated heterocycles. The van der Waals surface area contributed by atoms with E-state index in [2.05, 4.69) is 28.5 Å². The Hall–Kier alpha value is -2.57. The van der Waals surface area contributed by atoms with E-state index >= 15 is 0 Å². The van der Waals surface area contributed by atoms with Gasteiger partial charge in [0.1, 0.15) is 11.6 Å². The molecule has 0 unspecified atom stereocenters. The van der Waals surface area contributed by atoms with E-state index in [0.717, 1.165) is 17.3 Å². The van der Waals surface area contributed by atoms with Gasteiger partial charge in [0.25, 0.3) is 5.91 Å². The van der Waals surface area contributed by atoms with Crippen molar-refractivity contribution in [1.82, 2.24) is 9.36 Å². The van der Waals surface area contributed by atoms with E-state index in [4.69, 9.17) is 4.74 Å². The minimum absolute atomic E-state index is 0.00255. The predicted octanol–water partition coefficient (Wildman–Crippen LogP) is 3.94. The van der Waals surface area contributed by atoms with Crippen molar-refractivity contribution in [3.05, 3.63) is 29.3 Å². The minimum atomic E-state index is -0.569. The van der Waals surface area contributed by atoms with Crippen LogP contribution in [0.25, 0.3) is 6.08 Å². The summed E-state index contributed by atoms with van der Waals surface area (Å²) in [4.78, 5) is 16.6. The fraction of sp³-hybridized carbons (Fsp3) is 0.333. The summed E-state index contributed by atoms with van der Waals surface area (Å²) < 4.78 is 9.49. The average Bonchev–Trinajstić information content (AvgIpc) is 3.08. The molecule has 142 valence electrons. The summed E-state index contributed by atoms with van der Waals surface area (Å²) in [6, 6.07) is 6.49. The van der Waals surface area contributed by atoms with Gasteiger partial charge in [0, 0.05) is 17.3 Å². The lowest BCUT2D eigenvalue weighted by Gasteiger charge is -2.06. The van der Waals surface area contributed by atoms with Crippen molar-refractivity contribution >= 4 is 40.4 Å². The van der Waals surface area contributed by atoms with Crippen molar-refractivity contribution < 1.29 is 14.6 Å². The number of carbonyl (C=O) groups is 1. The molecule has 2 N–H and O–H groups in total. The number of amides is 1. The third-order valence-corrected chi connectivity index (χ3v) is 5.15. The number of carbonyl (C=O) groups excluding carboxylic acids is 1. The number of phenolic OH excluding ortho intramolecular Hbond substituents is 1. The highest BCUT2D eigenvalue weighted by molar-refractivity contribution is 7.99. The number of nitrogens with zero attached hydrogens (tertiary/aromatic N) is 3. The zero-order valence-electron chi connectivity index (χ0n) is 15.2. The molecule has 0 radical (unpaired) electrons. The lowest BCUT2D eigenvalue weighted by molar-refractivity contribution is -0.112. The van der Waals surface area contributed by atoms with E-state index in [9.17, 15) is 15.2 Å². The monoisotopic (exact) mass is 404 g/mol. The first-order valence-electron chi connectivity index (χ1n) is 8.28. The summed E-state index contributed by atoms with van der Waals surface area (Å²) >= 11 is 2.59. The van der Waals surface area contributed by atoms with Gasteiger partial charge in [-0.05, 0) is 36.6 Å². The number of nitriles is 1. The standard InChI is InChI=1S/C18H20N4O3S2/c1-4-25-15-8-12(5-6-14(15)23)7-13(9-19)16(24)20-17-21-18(22-27-17)26-10-11(2)3/h5-8,11,23H,4,10H2,1-3H3,(H,20,21,22,24). The average molecular weight is 405 g/mol. The number of hydrogen-bond acceptors (Lipinski definition) is 8. The maximum Gasteiger partial charge on any atom is 0.268 e. The van der Waals surface area contributed by atoms with Crippen LogP contribution in [-0.2, 0) is 4.79 Å². The largest absolute Gasteiger partial charge is 0.504 e. The molecule has 0 bridgehead atoms. The van der Waals surface area contributed by atoms with E-state index in [1.54, 1.807) is 19.1 Å². The second kappa shape index (κ2) is 9.94. The summed E-state index contributed by atoms with van der Waals surface area (Å²) in [5.41, 5.74) is 0.475. The van der Waals surface area contributed by atoms with E-state index in [0.29, 0.717) is 34.1 Å². The number of nitrogens with one attached hydrogen (secondary N) is 1. The highest BCUT2D eigenvalue weighted by Crippen LogP contribution is 2.28.